The molecule has 1 N–H and O–H groups in total. The zero-order chi connectivity index (χ0) is 29.5. The number of thioether (sulfide) groups is 1. The van der Waals surface area contributed by atoms with Crippen molar-refractivity contribution in [1.29, 1.82) is 0 Å². The summed E-state index contributed by atoms with van der Waals surface area (Å²) in [7, 11) is 0. The number of ketones is 1. The summed E-state index contributed by atoms with van der Waals surface area (Å²) in [5, 5.41) is 7.82. The summed E-state index contributed by atoms with van der Waals surface area (Å²) in [5.74, 6) is -0.599. The van der Waals surface area contributed by atoms with E-state index in [0.29, 0.717) is 22.6 Å². The van der Waals surface area contributed by atoms with E-state index < -0.39 is 22.5 Å². The first-order valence-corrected chi connectivity index (χ1v) is 14.3. The molecule has 9 nitrogen and oxygen atoms in total. The maximum Gasteiger partial charge on any atom is 0.245 e. The Morgan fingerprint density at radius 1 is 1.15 bits per heavy atom. The van der Waals surface area contributed by atoms with Crippen LogP contribution in [-0.2, 0) is 22.7 Å². The fraction of sp³-hybridized carbons (Fsp3) is 0.310. The highest BCUT2D eigenvalue weighted by Gasteiger charge is 2.47. The van der Waals surface area contributed by atoms with E-state index in [4.69, 9.17) is 11.6 Å². The van der Waals surface area contributed by atoms with Crippen LogP contribution < -0.4 is 5.32 Å². The number of carbonyl (C=O) groups is 3. The summed E-state index contributed by atoms with van der Waals surface area (Å²) in [6.07, 6.45) is 3.42. The van der Waals surface area contributed by atoms with Crippen LogP contribution >= 0.6 is 23.4 Å². The number of hydrogen-bond acceptors (Lipinski definition) is 7. The van der Waals surface area contributed by atoms with Crippen molar-refractivity contribution in [2.75, 3.05) is 5.88 Å². The average molecular weight is 595 g/mol. The highest BCUT2D eigenvalue weighted by Crippen LogP contribution is 2.39. The number of carbonyl (C=O) groups excluding carboxylic acids is 3. The van der Waals surface area contributed by atoms with E-state index in [1.807, 2.05) is 32.0 Å². The molecule has 1 aliphatic rings. The van der Waals surface area contributed by atoms with E-state index in [9.17, 15) is 18.8 Å². The zero-order valence-corrected chi connectivity index (χ0v) is 24.5. The van der Waals surface area contributed by atoms with Gasteiger partial charge in [-0.2, -0.15) is 5.10 Å². The molecule has 41 heavy (non-hydrogen) atoms. The Morgan fingerprint density at radius 3 is 2.59 bits per heavy atom. The van der Waals surface area contributed by atoms with Gasteiger partial charge in [-0.05, 0) is 44.5 Å². The Labute approximate surface area is 245 Å². The topological polar surface area (TPSA) is 110 Å². The highest BCUT2D eigenvalue weighted by molar-refractivity contribution is 8.00. The third-order valence-electron chi connectivity index (χ3n) is 7.08. The number of amides is 2. The first-order chi connectivity index (χ1) is 19.5. The Kier molecular flexibility index (Phi) is 7.85. The lowest BCUT2D eigenvalue weighted by Gasteiger charge is -2.30. The molecule has 0 radical (unpaired) electrons. The number of hydrogen-bond donors (Lipinski definition) is 1. The standard InChI is InChI=1S/C29H28ClFN6O3S/c1-16(38)26-21-10-18(20-12-32-17(2)33-13-20)8-9-23(21)37(35-26)14-24(39)36-15-41-29(3,4)27(36)28(40)34-11-19-6-5-7-22(30)25(19)31/h5-10,12-13,27H,11,14-15H2,1-4H3,(H,34,40)/t27-/m1/s1. The number of nitrogens with zero attached hydrogens (tertiary/aromatic N) is 5. The number of nitrogens with one attached hydrogen (secondary N) is 1. The monoisotopic (exact) mass is 594 g/mol. The maximum atomic E-state index is 14.4. The van der Waals surface area contributed by atoms with Gasteiger partial charge < -0.3 is 10.2 Å². The van der Waals surface area contributed by atoms with Crippen molar-refractivity contribution < 1.29 is 18.8 Å². The summed E-state index contributed by atoms with van der Waals surface area (Å²) in [5.41, 5.74) is 2.72. The zero-order valence-electron chi connectivity index (χ0n) is 22.9. The summed E-state index contributed by atoms with van der Waals surface area (Å²) in [4.78, 5) is 49.4. The molecule has 0 saturated carbocycles. The molecule has 12 heteroatoms. The predicted molar refractivity (Wildman–Crippen MR) is 156 cm³/mol. The van der Waals surface area contributed by atoms with Crippen LogP contribution in [0.4, 0.5) is 4.39 Å². The van der Waals surface area contributed by atoms with Crippen molar-refractivity contribution in [1.82, 2.24) is 30.0 Å². The smallest absolute Gasteiger partial charge is 0.245 e. The number of aryl methyl sites for hydroxylation is 1. The SMILES string of the molecule is CC(=O)c1nn(CC(=O)N2CSC(C)(C)[C@H]2C(=O)NCc2cccc(Cl)c2F)c2ccc(-c3cnc(C)nc3)cc12. The predicted octanol–water partition coefficient (Wildman–Crippen LogP) is 4.79. The lowest BCUT2D eigenvalue weighted by Crippen LogP contribution is -2.53. The van der Waals surface area contributed by atoms with Gasteiger partial charge in [0.05, 0.1) is 16.4 Å². The number of Topliss-reactive ketones (excluding diaryl/α,β-unsaturated/α-hetero) is 1. The molecule has 2 aromatic carbocycles. The van der Waals surface area contributed by atoms with Crippen molar-refractivity contribution in [3.8, 4) is 11.1 Å². The largest absolute Gasteiger partial charge is 0.350 e. The van der Waals surface area contributed by atoms with Crippen LogP contribution in [-0.4, -0.2) is 58.9 Å². The Balaban J connectivity index is 1.39. The molecule has 1 saturated heterocycles. The van der Waals surface area contributed by atoms with E-state index in [2.05, 4.69) is 20.4 Å². The second-order valence-corrected chi connectivity index (χ2v) is 12.4. The molecule has 1 fully saturated rings. The van der Waals surface area contributed by atoms with Crippen LogP contribution in [0, 0.1) is 12.7 Å². The number of fused-ring (bicyclic) bond motifs is 1. The number of rotatable bonds is 7. The summed E-state index contributed by atoms with van der Waals surface area (Å²) >= 11 is 7.35. The van der Waals surface area contributed by atoms with Crippen LogP contribution in [0.2, 0.25) is 5.02 Å². The molecule has 1 aliphatic heterocycles. The molecule has 4 aromatic rings. The molecule has 0 bridgehead atoms. The first-order valence-electron chi connectivity index (χ1n) is 12.9. The molecule has 2 aromatic heterocycles. The van der Waals surface area contributed by atoms with Crippen molar-refractivity contribution in [2.24, 2.45) is 0 Å². The molecule has 0 aliphatic carbocycles. The van der Waals surface area contributed by atoms with Crippen molar-refractivity contribution in [2.45, 2.75) is 51.6 Å². The summed E-state index contributed by atoms with van der Waals surface area (Å²) < 4.78 is 15.3. The van der Waals surface area contributed by atoms with Crippen LogP contribution in [0.1, 0.15) is 42.6 Å². The minimum absolute atomic E-state index is 0.0268. The van der Waals surface area contributed by atoms with Crippen LogP contribution in [0.3, 0.4) is 0 Å². The molecule has 5 rings (SSSR count). The quantitative estimate of drug-likeness (QED) is 0.306. The van der Waals surface area contributed by atoms with Gasteiger partial charge in [-0.25, -0.2) is 14.4 Å². The minimum Gasteiger partial charge on any atom is -0.350 e. The van der Waals surface area contributed by atoms with Gasteiger partial charge in [-0.3, -0.25) is 19.1 Å². The molecular weight excluding hydrogens is 567 g/mol. The Morgan fingerprint density at radius 2 is 1.88 bits per heavy atom. The Hall–Kier alpha value is -3.83. The van der Waals surface area contributed by atoms with E-state index >= 15 is 0 Å². The van der Waals surface area contributed by atoms with Crippen LogP contribution in [0.15, 0.2) is 48.8 Å². The van der Waals surface area contributed by atoms with Gasteiger partial charge in [0.15, 0.2) is 5.78 Å². The van der Waals surface area contributed by atoms with E-state index in [-0.39, 0.29) is 41.1 Å². The third-order valence-corrected chi connectivity index (χ3v) is 8.75. The second kappa shape index (κ2) is 11.2. The minimum atomic E-state index is -0.801. The molecule has 0 unspecified atom stereocenters. The van der Waals surface area contributed by atoms with E-state index in [1.54, 1.807) is 31.5 Å². The molecule has 2 amide bonds. The average Bonchev–Trinajstić information content (AvgIpc) is 3.46. The van der Waals surface area contributed by atoms with Crippen molar-refractivity contribution in [3.63, 3.8) is 0 Å². The molecule has 3 heterocycles. The normalized spacial score (nSPS) is 16.2. The lowest BCUT2D eigenvalue weighted by atomic mass is 10.0. The van der Waals surface area contributed by atoms with Crippen LogP contribution in [0.25, 0.3) is 22.0 Å². The molecule has 0 spiro atoms. The van der Waals surface area contributed by atoms with Gasteiger partial charge in [0, 0.05) is 47.1 Å². The second-order valence-electron chi connectivity index (χ2n) is 10.4. The van der Waals surface area contributed by atoms with E-state index in [0.717, 1.165) is 11.1 Å². The number of aromatic nitrogens is 4. The van der Waals surface area contributed by atoms with E-state index in [1.165, 1.54) is 34.3 Å². The molecule has 212 valence electrons. The fourth-order valence-electron chi connectivity index (χ4n) is 4.90. The lowest BCUT2D eigenvalue weighted by molar-refractivity contribution is -0.140. The number of halogens is 2. The molecule has 1 atom stereocenters. The van der Waals surface area contributed by atoms with Crippen LogP contribution in [0.5, 0.6) is 0 Å². The van der Waals surface area contributed by atoms with Gasteiger partial charge >= 0.3 is 0 Å². The highest BCUT2D eigenvalue weighted by atomic mass is 35.5. The first kappa shape index (κ1) is 28.7. The van der Waals surface area contributed by atoms with Gasteiger partial charge in [0.2, 0.25) is 11.8 Å². The van der Waals surface area contributed by atoms with Crippen molar-refractivity contribution >= 4 is 51.9 Å². The Bertz CT molecular complexity index is 1670. The van der Waals surface area contributed by atoms with Gasteiger partial charge in [0.1, 0.15) is 29.9 Å². The van der Waals surface area contributed by atoms with Crippen molar-refractivity contribution in [3.05, 3.63) is 76.7 Å². The summed E-state index contributed by atoms with van der Waals surface area (Å²) in [6.45, 7) is 6.78. The van der Waals surface area contributed by atoms with Gasteiger partial charge in [0.25, 0.3) is 0 Å². The molecular formula is C29H28ClFN6O3S. The maximum absolute atomic E-state index is 14.4. The number of benzene rings is 2. The summed E-state index contributed by atoms with van der Waals surface area (Å²) in [6, 6.07) is 9.31. The van der Waals surface area contributed by atoms with Gasteiger partial charge in [-0.15, -0.1) is 11.8 Å². The third kappa shape index (κ3) is 5.69. The fourth-order valence-corrected chi connectivity index (χ4v) is 6.25. The van der Waals surface area contributed by atoms with Gasteiger partial charge in [-0.1, -0.05) is 29.8 Å².